The molecule has 6 rings (SSSR count). The number of esters is 6. The van der Waals surface area contributed by atoms with Crippen LogP contribution in [0.15, 0.2) is 48.5 Å². The Morgan fingerprint density at radius 2 is 0.962 bits per heavy atom. The molecule has 0 spiro atoms. The summed E-state index contributed by atoms with van der Waals surface area (Å²) in [7, 11) is 0. The number of alkyl carbamates (subject to hydrolysis) is 1. The van der Waals surface area contributed by atoms with Gasteiger partial charge in [0, 0.05) is 54.4 Å². The maximum Gasteiger partial charge on any atom is 0.407 e. The van der Waals surface area contributed by atoms with Crippen LogP contribution in [0, 0.1) is 29.1 Å². The molecule has 28 heteroatoms. The maximum absolute atomic E-state index is 15.1. The molecule has 0 unspecified atom stereocenters. The second-order valence-corrected chi connectivity index (χ2v) is 18.1. The number of hydrogen-bond donors (Lipinski definition) is 3. The molecule has 1 aliphatic carbocycles. The highest BCUT2D eigenvalue weighted by Gasteiger charge is 2.57. The van der Waals surface area contributed by atoms with Crippen molar-refractivity contribution in [3.63, 3.8) is 0 Å². The molecular formula is C51H54F5N3O20. The second-order valence-electron chi connectivity index (χ2n) is 18.1. The van der Waals surface area contributed by atoms with Crippen LogP contribution in [0.25, 0.3) is 11.1 Å². The Morgan fingerprint density at radius 3 is 1.43 bits per heavy atom. The second kappa shape index (κ2) is 26.2. The number of benzene rings is 3. The average Bonchev–Trinajstić information content (AvgIpc) is 3.76. The summed E-state index contributed by atoms with van der Waals surface area (Å²) in [5, 5.41) is 7.08. The number of rotatable bonds is 19. The molecule has 3 N–H and O–H groups in total. The first-order chi connectivity index (χ1) is 37.3. The van der Waals surface area contributed by atoms with Crippen molar-refractivity contribution in [2.45, 2.75) is 135 Å². The third kappa shape index (κ3) is 14.7. The number of carbonyl (C=O) groups excluding carboxylic acids is 9. The number of fused-ring (bicyclic) bond motifs is 3. The molecule has 3 aliphatic rings. The zero-order chi connectivity index (χ0) is 58.2. The highest BCUT2D eigenvalue weighted by atomic mass is 19.2. The van der Waals surface area contributed by atoms with E-state index in [0.29, 0.717) is 0 Å². The summed E-state index contributed by atoms with van der Waals surface area (Å²) in [6.07, 6.45) is -18.1. The minimum absolute atomic E-state index is 0.399. The maximum atomic E-state index is 15.1. The molecule has 2 heterocycles. The number of amides is 3. The normalized spacial score (nSPS) is 24.0. The number of halogens is 5. The monoisotopic (exact) mass is 1120 g/mol. The smallest absolute Gasteiger partial charge is 0.407 e. The average molecular weight is 1120 g/mol. The fourth-order valence-electron chi connectivity index (χ4n) is 9.06. The number of hydrogen-bond acceptors (Lipinski definition) is 20. The summed E-state index contributed by atoms with van der Waals surface area (Å²) >= 11 is 0. The first-order valence-corrected chi connectivity index (χ1v) is 24.1. The Kier molecular flexibility index (Phi) is 20.0. The van der Waals surface area contributed by atoms with Crippen LogP contribution in [0.3, 0.4) is 0 Å². The van der Waals surface area contributed by atoms with Gasteiger partial charge in [0.15, 0.2) is 36.9 Å². The predicted octanol–water partition coefficient (Wildman–Crippen LogP) is 3.37. The lowest BCUT2D eigenvalue weighted by Crippen LogP contribution is -2.71. The molecule has 2 saturated heterocycles. The van der Waals surface area contributed by atoms with Gasteiger partial charge in [-0.05, 0) is 29.2 Å². The van der Waals surface area contributed by atoms with Crippen molar-refractivity contribution in [3.05, 3.63) is 88.7 Å². The van der Waals surface area contributed by atoms with E-state index in [1.165, 1.54) is 0 Å². The Labute approximate surface area is 446 Å². The Bertz CT molecular complexity index is 2770. The van der Waals surface area contributed by atoms with Gasteiger partial charge in [-0.1, -0.05) is 48.5 Å². The van der Waals surface area contributed by atoms with Crippen molar-refractivity contribution in [2.24, 2.45) is 0 Å². The number of nitrogens with one attached hydrogen (secondary N) is 3. The summed E-state index contributed by atoms with van der Waals surface area (Å²) in [5.74, 6) is -24.0. The molecule has 428 valence electrons. The lowest BCUT2D eigenvalue weighted by atomic mass is 9.93. The van der Waals surface area contributed by atoms with E-state index in [-0.39, 0.29) is 0 Å². The lowest BCUT2D eigenvalue weighted by molar-refractivity contribution is -0.334. The molecule has 79 heavy (non-hydrogen) atoms. The van der Waals surface area contributed by atoms with Gasteiger partial charge in [-0.3, -0.25) is 33.6 Å². The lowest BCUT2D eigenvalue weighted by Gasteiger charge is -2.50. The minimum atomic E-state index is -2.60. The molecule has 0 radical (unpaired) electrons. The third-order valence-electron chi connectivity index (χ3n) is 12.2. The van der Waals surface area contributed by atoms with Crippen molar-refractivity contribution < 1.29 is 117 Å². The SMILES string of the molecule is CC(=O)N[C@H]1[C@@H](O[C@H](C)[C@H](NC(=O)OCC2c3ccccc3-c3ccccc32)C(=O)Oc2c(F)c(F)c(F)c(F)c2F)O[C@H](COC(C)=O)[C@H](OC(C)=O)[C@@H]1O[C@@H]1O[C@H](COC(C)=O)[C@@H](OC(C)=O)[C@H](OC(C)=O)[C@H]1NC(C)=O. The van der Waals surface area contributed by atoms with E-state index in [9.17, 15) is 56.3 Å². The van der Waals surface area contributed by atoms with Crippen molar-refractivity contribution in [2.75, 3.05) is 19.8 Å². The summed E-state index contributed by atoms with van der Waals surface area (Å²) in [6, 6.07) is 8.35. The van der Waals surface area contributed by atoms with Crippen molar-refractivity contribution in [1.29, 1.82) is 0 Å². The van der Waals surface area contributed by atoms with Crippen molar-refractivity contribution >= 4 is 53.7 Å². The number of ether oxygens (including phenoxy) is 11. The molecule has 0 aromatic heterocycles. The van der Waals surface area contributed by atoms with Gasteiger partial charge in [-0.25, -0.2) is 22.8 Å². The van der Waals surface area contributed by atoms with Crippen LogP contribution >= 0.6 is 0 Å². The van der Waals surface area contributed by atoms with Crippen LogP contribution in [0.5, 0.6) is 5.75 Å². The molecule has 3 aromatic rings. The van der Waals surface area contributed by atoms with Crippen LogP contribution < -0.4 is 20.7 Å². The Hall–Kier alpha value is -7.82. The minimum Gasteiger partial charge on any atom is -0.463 e. The van der Waals surface area contributed by atoms with Gasteiger partial charge in [-0.15, -0.1) is 0 Å². The fourth-order valence-corrected chi connectivity index (χ4v) is 9.06. The topological polar surface area (TPSA) is 291 Å². The van der Waals surface area contributed by atoms with E-state index < -0.39 is 188 Å². The van der Waals surface area contributed by atoms with Crippen molar-refractivity contribution in [1.82, 2.24) is 16.0 Å². The molecule has 0 bridgehead atoms. The molecule has 12 atom stereocenters. The molecule has 2 aliphatic heterocycles. The predicted molar refractivity (Wildman–Crippen MR) is 252 cm³/mol. The van der Waals surface area contributed by atoms with Crippen molar-refractivity contribution in [3.8, 4) is 16.9 Å². The molecule has 3 aromatic carbocycles. The molecule has 3 amide bonds. The quantitative estimate of drug-likeness (QED) is 0.0387. The van der Waals surface area contributed by atoms with Crippen LogP contribution in [0.1, 0.15) is 72.4 Å². The molecule has 23 nitrogen and oxygen atoms in total. The zero-order valence-corrected chi connectivity index (χ0v) is 43.3. The zero-order valence-electron chi connectivity index (χ0n) is 43.3. The molecule has 0 saturated carbocycles. The van der Waals surface area contributed by atoms with Crippen LogP contribution in [-0.4, -0.2) is 147 Å². The van der Waals surface area contributed by atoms with Crippen LogP contribution in [0.2, 0.25) is 0 Å². The van der Waals surface area contributed by atoms with Gasteiger partial charge in [0.25, 0.3) is 0 Å². The third-order valence-corrected chi connectivity index (χ3v) is 12.2. The molecule has 2 fully saturated rings. The largest absolute Gasteiger partial charge is 0.463 e. The summed E-state index contributed by atoms with van der Waals surface area (Å²) < 4.78 is 136. The van der Waals surface area contributed by atoms with E-state index in [1.54, 1.807) is 36.4 Å². The Balaban J connectivity index is 1.42. The molecular weight excluding hydrogens is 1070 g/mol. The van der Waals surface area contributed by atoms with Gasteiger partial charge in [-0.2, -0.15) is 8.78 Å². The summed E-state index contributed by atoms with van der Waals surface area (Å²) in [6.45, 7) is 5.91. The van der Waals surface area contributed by atoms with Crippen LogP contribution in [-0.2, 0) is 85.7 Å². The number of carbonyl (C=O) groups is 9. The van der Waals surface area contributed by atoms with Gasteiger partial charge in [0.2, 0.25) is 46.6 Å². The van der Waals surface area contributed by atoms with Gasteiger partial charge in [0.05, 0.1) is 6.10 Å². The van der Waals surface area contributed by atoms with E-state index >= 15 is 8.78 Å². The standard InChI is InChI=1S/C51H54F5N3O20/c1-20(40(48(67)78-45-38(55)36(53)35(52)37(54)39(45)56)59-51(68)71-17-32-30-15-11-9-13-28(30)29-14-10-12-16-31(29)32)72-49-42(58-22(3)61)47(44(74-26(7)65)34(76-49)19-70-24(5)63)79-50-41(57-21(2)60)46(75-27(8)66)43(73-25(6)64)33(77-50)18-69-23(4)62/h9-16,20,32-34,40-44,46-47,49-50H,17-19H2,1-8H3,(H,57,60)(H,58,61)(H,59,68)/t20-,33-,34-,40+,41-,42-,43-,44+,46-,47-,49+,50+/m1/s1. The van der Waals surface area contributed by atoms with E-state index in [4.69, 9.17) is 52.1 Å². The van der Waals surface area contributed by atoms with Gasteiger partial charge >= 0.3 is 41.9 Å². The first kappa shape index (κ1) is 60.4. The summed E-state index contributed by atoms with van der Waals surface area (Å²) in [4.78, 5) is 116. The van der Waals surface area contributed by atoms with Gasteiger partial charge < -0.3 is 68.1 Å². The highest BCUT2D eigenvalue weighted by molar-refractivity contribution is 5.84. The first-order valence-electron chi connectivity index (χ1n) is 24.1. The van der Waals surface area contributed by atoms with E-state index in [2.05, 4.69) is 16.0 Å². The van der Waals surface area contributed by atoms with E-state index in [0.717, 1.165) is 77.6 Å². The Morgan fingerprint density at radius 1 is 0.532 bits per heavy atom. The van der Waals surface area contributed by atoms with Crippen LogP contribution in [0.4, 0.5) is 26.7 Å². The highest BCUT2D eigenvalue weighted by Crippen LogP contribution is 2.45. The summed E-state index contributed by atoms with van der Waals surface area (Å²) in [5.41, 5.74) is 3.13. The fraction of sp³-hybridized carbons (Fsp3) is 0.471. The van der Waals surface area contributed by atoms with Gasteiger partial charge in [0.1, 0.15) is 50.2 Å². The van der Waals surface area contributed by atoms with E-state index in [1.807, 2.05) is 12.1 Å².